The van der Waals surface area contributed by atoms with Gasteiger partial charge in [-0.25, -0.2) is 0 Å². The molecule has 3 rings (SSSR count). The molecule has 1 aliphatic carbocycles. The van der Waals surface area contributed by atoms with Crippen LogP contribution in [0.2, 0.25) is 0 Å². The Kier molecular flexibility index (Phi) is 4.39. The minimum atomic E-state index is -0.198. The van der Waals surface area contributed by atoms with Gasteiger partial charge in [0, 0.05) is 5.92 Å². The minimum absolute atomic E-state index is 0.153. The lowest BCUT2D eigenvalue weighted by Crippen LogP contribution is -2.35. The fourth-order valence-electron chi connectivity index (χ4n) is 3.04. The number of rotatable bonds is 4. The highest BCUT2D eigenvalue weighted by atomic mass is 16.3. The van der Waals surface area contributed by atoms with Gasteiger partial charge in [-0.05, 0) is 30.5 Å². The van der Waals surface area contributed by atoms with Crippen LogP contribution in [0.3, 0.4) is 0 Å². The highest BCUT2D eigenvalue weighted by Crippen LogP contribution is 2.27. The molecule has 1 aromatic carbocycles. The third kappa shape index (κ3) is 3.35. The van der Waals surface area contributed by atoms with Crippen molar-refractivity contribution in [1.29, 1.82) is 0 Å². The number of amides is 1. The van der Waals surface area contributed by atoms with Gasteiger partial charge < -0.3 is 9.73 Å². The molecule has 1 aromatic heterocycles. The lowest BCUT2D eigenvalue weighted by molar-refractivity contribution is -0.126. The summed E-state index contributed by atoms with van der Waals surface area (Å²) in [4.78, 5) is 12.5. The Balaban J connectivity index is 1.78. The van der Waals surface area contributed by atoms with Crippen LogP contribution in [-0.2, 0) is 4.79 Å². The predicted molar refractivity (Wildman–Crippen MR) is 81.7 cm³/mol. The largest absolute Gasteiger partial charge is 0.467 e. The molecule has 1 atom stereocenters. The zero-order chi connectivity index (χ0) is 14.5. The van der Waals surface area contributed by atoms with Crippen molar-refractivity contribution in [3.05, 3.63) is 60.1 Å². The van der Waals surface area contributed by atoms with Crippen molar-refractivity contribution in [3.8, 4) is 0 Å². The van der Waals surface area contributed by atoms with E-state index in [9.17, 15) is 4.79 Å². The molecule has 1 aliphatic rings. The number of benzene rings is 1. The summed E-state index contributed by atoms with van der Waals surface area (Å²) in [6, 6.07) is 13.6. The summed E-state index contributed by atoms with van der Waals surface area (Å²) < 4.78 is 5.52. The first-order valence-corrected chi connectivity index (χ1v) is 7.73. The van der Waals surface area contributed by atoms with Gasteiger partial charge in [-0.3, -0.25) is 4.79 Å². The van der Waals surface area contributed by atoms with Crippen LogP contribution >= 0.6 is 0 Å². The van der Waals surface area contributed by atoms with Crippen molar-refractivity contribution in [2.75, 3.05) is 0 Å². The van der Waals surface area contributed by atoms with Gasteiger partial charge >= 0.3 is 0 Å². The SMILES string of the molecule is O=C(N[C@H](c1ccccc1)c1ccco1)C1CCCCC1. The Morgan fingerprint density at radius 3 is 2.48 bits per heavy atom. The van der Waals surface area contributed by atoms with E-state index in [1.165, 1.54) is 6.42 Å². The molecule has 21 heavy (non-hydrogen) atoms. The summed E-state index contributed by atoms with van der Waals surface area (Å²) in [6.45, 7) is 0. The van der Waals surface area contributed by atoms with Crippen LogP contribution in [0.1, 0.15) is 49.5 Å². The van der Waals surface area contributed by atoms with Crippen LogP contribution in [0, 0.1) is 5.92 Å². The lowest BCUT2D eigenvalue weighted by Gasteiger charge is -2.24. The Hall–Kier alpha value is -2.03. The third-order valence-electron chi connectivity index (χ3n) is 4.22. The summed E-state index contributed by atoms with van der Waals surface area (Å²) in [5, 5.41) is 3.17. The molecule has 3 heteroatoms. The van der Waals surface area contributed by atoms with E-state index in [4.69, 9.17) is 4.42 Å². The monoisotopic (exact) mass is 283 g/mol. The van der Waals surface area contributed by atoms with Gasteiger partial charge in [0.15, 0.2) is 0 Å². The molecule has 2 aromatic rings. The second-order valence-corrected chi connectivity index (χ2v) is 5.70. The molecular formula is C18H21NO2. The van der Waals surface area contributed by atoms with Crippen LogP contribution < -0.4 is 5.32 Å². The number of furan rings is 1. The Labute approximate surface area is 125 Å². The summed E-state index contributed by atoms with van der Waals surface area (Å²) in [6.07, 6.45) is 7.24. The van der Waals surface area contributed by atoms with Gasteiger partial charge in [-0.2, -0.15) is 0 Å². The van der Waals surface area contributed by atoms with Gasteiger partial charge in [-0.1, -0.05) is 49.6 Å². The smallest absolute Gasteiger partial charge is 0.223 e. The van der Waals surface area contributed by atoms with E-state index in [2.05, 4.69) is 5.32 Å². The maximum absolute atomic E-state index is 12.5. The maximum Gasteiger partial charge on any atom is 0.223 e. The molecular weight excluding hydrogens is 262 g/mol. The summed E-state index contributed by atoms with van der Waals surface area (Å²) in [7, 11) is 0. The molecule has 1 heterocycles. The van der Waals surface area contributed by atoms with Crippen LogP contribution in [0.25, 0.3) is 0 Å². The molecule has 0 spiro atoms. The van der Waals surface area contributed by atoms with Crippen LogP contribution in [0.4, 0.5) is 0 Å². The van der Waals surface area contributed by atoms with Gasteiger partial charge in [0.1, 0.15) is 11.8 Å². The van der Waals surface area contributed by atoms with Crippen molar-refractivity contribution in [2.45, 2.75) is 38.1 Å². The molecule has 1 amide bonds. The standard InChI is InChI=1S/C18H21NO2/c20-18(15-10-5-2-6-11-15)19-17(16-12-7-13-21-16)14-8-3-1-4-9-14/h1,3-4,7-9,12-13,15,17H,2,5-6,10-11H2,(H,19,20)/t17-/m1/s1. The molecule has 0 unspecified atom stereocenters. The molecule has 0 aliphatic heterocycles. The molecule has 0 saturated heterocycles. The first-order valence-electron chi connectivity index (χ1n) is 7.73. The normalized spacial score (nSPS) is 17.3. The minimum Gasteiger partial charge on any atom is -0.467 e. The molecule has 0 bridgehead atoms. The molecule has 1 N–H and O–H groups in total. The Bertz CT molecular complexity index is 556. The fourth-order valence-corrected chi connectivity index (χ4v) is 3.04. The van der Waals surface area contributed by atoms with E-state index in [-0.39, 0.29) is 17.9 Å². The number of carbonyl (C=O) groups excluding carboxylic acids is 1. The quantitative estimate of drug-likeness (QED) is 0.919. The maximum atomic E-state index is 12.5. The predicted octanol–water partition coefficient (Wildman–Crippen LogP) is 4.07. The van der Waals surface area contributed by atoms with Gasteiger partial charge in [0.25, 0.3) is 0 Å². The van der Waals surface area contributed by atoms with Crippen molar-refractivity contribution in [2.24, 2.45) is 5.92 Å². The Morgan fingerprint density at radius 1 is 1.05 bits per heavy atom. The van der Waals surface area contributed by atoms with Crippen molar-refractivity contribution in [3.63, 3.8) is 0 Å². The van der Waals surface area contributed by atoms with E-state index >= 15 is 0 Å². The van der Waals surface area contributed by atoms with Crippen molar-refractivity contribution < 1.29 is 9.21 Å². The first kappa shape index (κ1) is 13.9. The zero-order valence-corrected chi connectivity index (χ0v) is 12.1. The summed E-state index contributed by atoms with van der Waals surface area (Å²) >= 11 is 0. The van der Waals surface area contributed by atoms with E-state index in [0.717, 1.165) is 37.0 Å². The number of hydrogen-bond donors (Lipinski definition) is 1. The fraction of sp³-hybridized carbons (Fsp3) is 0.389. The van der Waals surface area contributed by atoms with E-state index in [0.29, 0.717) is 0 Å². The Morgan fingerprint density at radius 2 is 1.81 bits per heavy atom. The molecule has 1 saturated carbocycles. The van der Waals surface area contributed by atoms with E-state index < -0.39 is 0 Å². The van der Waals surface area contributed by atoms with Crippen LogP contribution in [-0.4, -0.2) is 5.91 Å². The zero-order valence-electron chi connectivity index (χ0n) is 12.1. The van der Waals surface area contributed by atoms with Crippen molar-refractivity contribution in [1.82, 2.24) is 5.32 Å². The summed E-state index contributed by atoms with van der Waals surface area (Å²) in [5.41, 5.74) is 1.05. The number of hydrogen-bond acceptors (Lipinski definition) is 2. The highest BCUT2D eigenvalue weighted by molar-refractivity contribution is 5.79. The van der Waals surface area contributed by atoms with Crippen molar-refractivity contribution >= 4 is 5.91 Å². The van der Waals surface area contributed by atoms with E-state index in [1.54, 1.807) is 6.26 Å². The summed E-state index contributed by atoms with van der Waals surface area (Å²) in [5.74, 6) is 1.09. The molecule has 0 radical (unpaired) electrons. The third-order valence-corrected chi connectivity index (χ3v) is 4.22. The number of carbonyl (C=O) groups is 1. The van der Waals surface area contributed by atoms with E-state index in [1.807, 2.05) is 42.5 Å². The highest BCUT2D eigenvalue weighted by Gasteiger charge is 2.25. The molecule has 3 nitrogen and oxygen atoms in total. The molecule has 110 valence electrons. The number of nitrogens with one attached hydrogen (secondary N) is 1. The van der Waals surface area contributed by atoms with Gasteiger partial charge in [0.2, 0.25) is 5.91 Å². The second kappa shape index (κ2) is 6.61. The first-order chi connectivity index (χ1) is 10.3. The average molecular weight is 283 g/mol. The average Bonchev–Trinajstić information content (AvgIpc) is 3.08. The van der Waals surface area contributed by atoms with Gasteiger partial charge in [-0.15, -0.1) is 0 Å². The molecule has 1 fully saturated rings. The van der Waals surface area contributed by atoms with Gasteiger partial charge in [0.05, 0.1) is 6.26 Å². The van der Waals surface area contributed by atoms with Crippen LogP contribution in [0.5, 0.6) is 0 Å². The lowest BCUT2D eigenvalue weighted by atomic mass is 9.88. The van der Waals surface area contributed by atoms with Crippen LogP contribution in [0.15, 0.2) is 53.1 Å². The second-order valence-electron chi connectivity index (χ2n) is 5.70. The topological polar surface area (TPSA) is 42.2 Å².